The van der Waals surface area contributed by atoms with Gasteiger partial charge in [0.15, 0.2) is 0 Å². The van der Waals surface area contributed by atoms with Crippen molar-refractivity contribution >= 4 is 15.7 Å². The summed E-state index contributed by atoms with van der Waals surface area (Å²) < 4.78 is 32.0. The van der Waals surface area contributed by atoms with E-state index >= 15 is 0 Å². The van der Waals surface area contributed by atoms with Crippen molar-refractivity contribution in [1.82, 2.24) is 4.72 Å². The Hall–Kier alpha value is -1.11. The van der Waals surface area contributed by atoms with Gasteiger partial charge in [-0.3, -0.25) is 0 Å². The second-order valence-electron chi connectivity index (χ2n) is 5.14. The van der Waals surface area contributed by atoms with Crippen LogP contribution < -0.4 is 10.0 Å². The second-order valence-corrected chi connectivity index (χ2v) is 6.87. The van der Waals surface area contributed by atoms with E-state index in [0.717, 1.165) is 6.42 Å². The number of sulfonamides is 1. The van der Waals surface area contributed by atoms with Crippen molar-refractivity contribution in [3.05, 3.63) is 24.3 Å². The number of para-hydroxylation sites is 1. The minimum absolute atomic E-state index is 0.234. The maximum Gasteiger partial charge on any atom is 0.242 e. The lowest BCUT2D eigenvalue weighted by Gasteiger charge is -2.23. The Kier molecular flexibility index (Phi) is 5.98. The number of methoxy groups -OCH3 is 1. The Morgan fingerprint density at radius 1 is 1.25 bits per heavy atom. The molecule has 2 N–H and O–H groups in total. The van der Waals surface area contributed by atoms with Crippen LogP contribution in [0.4, 0.5) is 5.69 Å². The molecule has 0 fully saturated rings. The maximum absolute atomic E-state index is 12.1. The molecule has 1 rings (SSSR count). The van der Waals surface area contributed by atoms with Crippen LogP contribution in [-0.4, -0.2) is 34.2 Å². The number of nitrogens with one attached hydrogen (secondary N) is 2. The number of rotatable bonds is 8. The van der Waals surface area contributed by atoms with E-state index in [9.17, 15) is 8.42 Å². The van der Waals surface area contributed by atoms with Crippen molar-refractivity contribution in [1.29, 1.82) is 0 Å². The highest BCUT2D eigenvalue weighted by atomic mass is 32.2. The van der Waals surface area contributed by atoms with E-state index in [1.54, 1.807) is 32.2 Å². The van der Waals surface area contributed by atoms with Crippen molar-refractivity contribution < 1.29 is 13.2 Å². The average Bonchev–Trinajstić information content (AvgIpc) is 2.39. The minimum atomic E-state index is -3.46. The van der Waals surface area contributed by atoms with Crippen molar-refractivity contribution in [2.75, 3.05) is 25.5 Å². The third-order valence-electron chi connectivity index (χ3n) is 3.11. The molecule has 0 saturated carbocycles. The Balaban J connectivity index is 2.82. The van der Waals surface area contributed by atoms with Gasteiger partial charge in [-0.1, -0.05) is 19.1 Å². The first-order chi connectivity index (χ1) is 9.32. The van der Waals surface area contributed by atoms with E-state index in [0.29, 0.717) is 18.8 Å². The summed E-state index contributed by atoms with van der Waals surface area (Å²) in [6, 6.07) is 6.90. The van der Waals surface area contributed by atoms with Crippen LogP contribution in [0.2, 0.25) is 0 Å². The molecule has 6 heteroatoms. The lowest BCUT2D eigenvalue weighted by molar-refractivity contribution is 0.0185. The Morgan fingerprint density at radius 3 is 2.50 bits per heavy atom. The van der Waals surface area contributed by atoms with Crippen LogP contribution in [0.25, 0.3) is 0 Å². The van der Waals surface area contributed by atoms with Crippen LogP contribution in [0.3, 0.4) is 0 Å². The van der Waals surface area contributed by atoms with E-state index in [-0.39, 0.29) is 10.5 Å². The summed E-state index contributed by atoms with van der Waals surface area (Å²) >= 11 is 0. The SMILES string of the molecule is CCNS(=O)(=O)c1ccccc1NCCC(C)(C)OC. The van der Waals surface area contributed by atoms with E-state index in [4.69, 9.17) is 4.74 Å². The van der Waals surface area contributed by atoms with Crippen molar-refractivity contribution in [2.24, 2.45) is 0 Å². The number of anilines is 1. The molecule has 0 saturated heterocycles. The topological polar surface area (TPSA) is 67.4 Å². The van der Waals surface area contributed by atoms with Crippen LogP contribution in [0, 0.1) is 0 Å². The van der Waals surface area contributed by atoms with Gasteiger partial charge >= 0.3 is 0 Å². The van der Waals surface area contributed by atoms with E-state index < -0.39 is 10.0 Å². The number of hydrogen-bond acceptors (Lipinski definition) is 4. The molecule has 0 heterocycles. The van der Waals surface area contributed by atoms with Gasteiger partial charge in [-0.25, -0.2) is 13.1 Å². The monoisotopic (exact) mass is 300 g/mol. The van der Waals surface area contributed by atoms with Crippen LogP contribution in [0.1, 0.15) is 27.2 Å². The Morgan fingerprint density at radius 2 is 1.90 bits per heavy atom. The number of benzene rings is 1. The molecule has 0 aliphatic carbocycles. The van der Waals surface area contributed by atoms with E-state index in [1.807, 2.05) is 19.9 Å². The molecular weight excluding hydrogens is 276 g/mol. The zero-order valence-corrected chi connectivity index (χ0v) is 13.4. The molecule has 0 aliphatic rings. The predicted molar refractivity (Wildman–Crippen MR) is 81.5 cm³/mol. The Bertz CT molecular complexity index is 527. The third kappa shape index (κ3) is 4.77. The maximum atomic E-state index is 12.1. The number of hydrogen-bond donors (Lipinski definition) is 2. The molecule has 0 spiro atoms. The smallest absolute Gasteiger partial charge is 0.242 e. The molecule has 0 bridgehead atoms. The molecule has 20 heavy (non-hydrogen) atoms. The predicted octanol–water partition coefficient (Wildman–Crippen LogP) is 2.21. The molecule has 0 radical (unpaired) electrons. The largest absolute Gasteiger partial charge is 0.384 e. The zero-order chi connectivity index (χ0) is 15.2. The summed E-state index contributed by atoms with van der Waals surface area (Å²) in [6.45, 7) is 6.76. The molecule has 5 nitrogen and oxygen atoms in total. The molecule has 0 unspecified atom stereocenters. The van der Waals surface area contributed by atoms with Gasteiger partial charge in [0, 0.05) is 20.2 Å². The van der Waals surface area contributed by atoms with Gasteiger partial charge in [-0.15, -0.1) is 0 Å². The van der Waals surface area contributed by atoms with Gasteiger partial charge < -0.3 is 10.1 Å². The van der Waals surface area contributed by atoms with Crippen LogP contribution in [0.5, 0.6) is 0 Å². The molecule has 114 valence electrons. The van der Waals surface area contributed by atoms with Gasteiger partial charge in [-0.05, 0) is 32.4 Å². The quantitative estimate of drug-likeness (QED) is 0.772. The molecule has 0 amide bonds. The van der Waals surface area contributed by atoms with E-state index in [1.165, 1.54) is 0 Å². The van der Waals surface area contributed by atoms with Crippen LogP contribution >= 0.6 is 0 Å². The Labute approximate surface area is 121 Å². The van der Waals surface area contributed by atoms with Crippen molar-refractivity contribution in [2.45, 2.75) is 37.7 Å². The summed E-state index contributed by atoms with van der Waals surface area (Å²) in [5.74, 6) is 0. The highest BCUT2D eigenvalue weighted by Gasteiger charge is 2.19. The normalized spacial score (nSPS) is 12.4. The summed E-state index contributed by atoms with van der Waals surface area (Å²) in [5, 5.41) is 3.17. The highest BCUT2D eigenvalue weighted by Crippen LogP contribution is 2.21. The summed E-state index contributed by atoms with van der Waals surface area (Å²) in [7, 11) is -1.79. The highest BCUT2D eigenvalue weighted by molar-refractivity contribution is 7.89. The fourth-order valence-corrected chi connectivity index (χ4v) is 2.94. The van der Waals surface area contributed by atoms with Gasteiger partial charge in [-0.2, -0.15) is 0 Å². The lowest BCUT2D eigenvalue weighted by atomic mass is 10.1. The molecular formula is C14H24N2O3S. The fraction of sp³-hybridized carbons (Fsp3) is 0.571. The molecule has 0 aromatic heterocycles. The van der Waals surface area contributed by atoms with Gasteiger partial charge in [0.1, 0.15) is 4.90 Å². The van der Waals surface area contributed by atoms with Gasteiger partial charge in [0.25, 0.3) is 0 Å². The molecule has 0 aliphatic heterocycles. The third-order valence-corrected chi connectivity index (χ3v) is 4.71. The van der Waals surface area contributed by atoms with E-state index in [2.05, 4.69) is 10.0 Å². The standard InChI is InChI=1S/C14H24N2O3S/c1-5-16-20(17,18)13-9-7-6-8-12(13)15-11-10-14(2,3)19-4/h6-9,15-16H,5,10-11H2,1-4H3. The zero-order valence-electron chi connectivity index (χ0n) is 12.6. The number of ether oxygens (including phenoxy) is 1. The molecule has 1 aromatic carbocycles. The first-order valence-corrected chi connectivity index (χ1v) is 8.18. The van der Waals surface area contributed by atoms with Crippen molar-refractivity contribution in [3.63, 3.8) is 0 Å². The first-order valence-electron chi connectivity index (χ1n) is 6.70. The summed E-state index contributed by atoms with van der Waals surface area (Å²) in [4.78, 5) is 0.275. The summed E-state index contributed by atoms with van der Waals surface area (Å²) in [5.41, 5.74) is 0.378. The van der Waals surface area contributed by atoms with Crippen LogP contribution in [-0.2, 0) is 14.8 Å². The van der Waals surface area contributed by atoms with Gasteiger partial charge in [0.05, 0.1) is 11.3 Å². The molecule has 1 aromatic rings. The second kappa shape index (κ2) is 7.06. The van der Waals surface area contributed by atoms with Crippen molar-refractivity contribution in [3.8, 4) is 0 Å². The minimum Gasteiger partial charge on any atom is -0.384 e. The fourth-order valence-electron chi connectivity index (χ4n) is 1.72. The summed E-state index contributed by atoms with van der Waals surface area (Å²) in [6.07, 6.45) is 0.777. The first kappa shape index (κ1) is 16.9. The van der Waals surface area contributed by atoms with Crippen LogP contribution in [0.15, 0.2) is 29.2 Å². The van der Waals surface area contributed by atoms with Gasteiger partial charge in [0.2, 0.25) is 10.0 Å². The average molecular weight is 300 g/mol. The lowest BCUT2D eigenvalue weighted by Crippen LogP contribution is -2.27. The molecule has 0 atom stereocenters.